The minimum atomic E-state index is -0.381. The first-order valence-corrected chi connectivity index (χ1v) is 13.7. The van der Waals surface area contributed by atoms with E-state index in [9.17, 15) is 19.1 Å². The highest BCUT2D eigenvalue weighted by molar-refractivity contribution is 5.94. The molecule has 5 rings (SSSR count). The first kappa shape index (κ1) is 26.6. The van der Waals surface area contributed by atoms with Crippen LogP contribution in [0.4, 0.5) is 4.39 Å². The van der Waals surface area contributed by atoms with Crippen LogP contribution in [0.25, 0.3) is 0 Å². The number of nitrogens with zero attached hydrogens (tertiary/aromatic N) is 4. The number of amides is 2. The number of halogens is 1. The number of likely N-dealkylation sites (tertiary alicyclic amines) is 1. The number of piperidine rings is 1. The lowest BCUT2D eigenvalue weighted by molar-refractivity contribution is -0.133. The highest BCUT2D eigenvalue weighted by atomic mass is 19.1. The normalized spacial score (nSPS) is 20.7. The van der Waals surface area contributed by atoms with Crippen molar-refractivity contribution in [2.75, 3.05) is 39.4 Å². The van der Waals surface area contributed by atoms with Gasteiger partial charge >= 0.3 is 0 Å². The van der Waals surface area contributed by atoms with Crippen LogP contribution in [0.15, 0.2) is 18.2 Å². The van der Waals surface area contributed by atoms with Crippen LogP contribution in [0.3, 0.4) is 0 Å². The first-order chi connectivity index (χ1) is 18.4. The van der Waals surface area contributed by atoms with Crippen molar-refractivity contribution in [3.8, 4) is 5.75 Å². The van der Waals surface area contributed by atoms with Crippen LogP contribution < -0.4 is 4.74 Å². The molecule has 2 amide bonds. The number of carbonyl (C=O) groups excluding carboxylic acids is 2. The van der Waals surface area contributed by atoms with E-state index in [1.165, 1.54) is 12.1 Å². The molecule has 2 saturated heterocycles. The third kappa shape index (κ3) is 5.86. The molecule has 2 aliphatic heterocycles. The van der Waals surface area contributed by atoms with Gasteiger partial charge in [0.15, 0.2) is 5.69 Å². The molecule has 1 atom stereocenters. The number of benzene rings is 1. The molecule has 0 saturated carbocycles. The number of aliphatic hydroxyl groups is 1. The number of hydrogen-bond donors (Lipinski definition) is 1. The number of rotatable bonds is 6. The van der Waals surface area contributed by atoms with E-state index in [1.807, 2.05) is 11.8 Å². The summed E-state index contributed by atoms with van der Waals surface area (Å²) < 4.78 is 26.8. The standard InChI is InChI=1S/C28H37FN4O5/c1-19-15-20(29)7-8-25(19)38-21-9-11-31(12-10-21)26(35)17-33-24-6-4-2-3-5-23(24)27(30-33)28(36)32-13-14-37-22(16-32)18-34/h7-8,15,21-22,34H,2-6,9-14,16-18H2,1H3/t22-/m1/s1. The fourth-order valence-corrected chi connectivity index (χ4v) is 5.69. The average molecular weight is 529 g/mol. The number of morpholine rings is 1. The van der Waals surface area contributed by atoms with Gasteiger partial charge in [0.25, 0.3) is 5.91 Å². The molecule has 1 aromatic carbocycles. The van der Waals surface area contributed by atoms with Crippen molar-refractivity contribution in [2.45, 2.75) is 70.6 Å². The van der Waals surface area contributed by atoms with Crippen molar-refractivity contribution >= 4 is 11.8 Å². The van der Waals surface area contributed by atoms with Crippen LogP contribution in [-0.2, 0) is 28.9 Å². The quantitative estimate of drug-likeness (QED) is 0.579. The second-order valence-corrected chi connectivity index (χ2v) is 10.5. The summed E-state index contributed by atoms with van der Waals surface area (Å²) in [5, 5.41) is 14.2. The largest absolute Gasteiger partial charge is 0.490 e. The van der Waals surface area contributed by atoms with Gasteiger partial charge in [-0.3, -0.25) is 14.3 Å². The number of fused-ring (bicyclic) bond motifs is 1. The fraction of sp³-hybridized carbons (Fsp3) is 0.607. The van der Waals surface area contributed by atoms with Gasteiger partial charge in [0.05, 0.1) is 19.3 Å². The Morgan fingerprint density at radius 1 is 1.13 bits per heavy atom. The number of carbonyl (C=O) groups is 2. The number of aromatic nitrogens is 2. The molecule has 1 N–H and O–H groups in total. The van der Waals surface area contributed by atoms with Crippen LogP contribution in [-0.4, -0.2) is 88.1 Å². The van der Waals surface area contributed by atoms with Crippen molar-refractivity contribution in [3.63, 3.8) is 0 Å². The Hall–Kier alpha value is -2.98. The molecule has 206 valence electrons. The first-order valence-electron chi connectivity index (χ1n) is 13.7. The predicted molar refractivity (Wildman–Crippen MR) is 138 cm³/mol. The van der Waals surface area contributed by atoms with Crippen LogP contribution in [0.1, 0.15) is 59.4 Å². The molecular weight excluding hydrogens is 491 g/mol. The SMILES string of the molecule is Cc1cc(F)ccc1OC1CCN(C(=O)Cn2nc(C(=O)N3CCO[C@@H](CO)C3)c3c2CCCCC3)CC1. The zero-order chi connectivity index (χ0) is 26.6. The van der Waals surface area contributed by atoms with Gasteiger partial charge in [-0.05, 0) is 56.4 Å². The van der Waals surface area contributed by atoms with E-state index in [4.69, 9.17) is 14.6 Å². The highest BCUT2D eigenvalue weighted by Gasteiger charge is 2.32. The van der Waals surface area contributed by atoms with Crippen molar-refractivity contribution in [3.05, 3.63) is 46.5 Å². The van der Waals surface area contributed by atoms with Gasteiger partial charge in [-0.2, -0.15) is 5.10 Å². The molecule has 3 aliphatic rings. The van der Waals surface area contributed by atoms with E-state index in [1.54, 1.807) is 15.6 Å². The number of hydrogen-bond acceptors (Lipinski definition) is 6. The Kier molecular flexibility index (Phi) is 8.28. The third-order valence-corrected chi connectivity index (χ3v) is 7.85. The Labute approximate surface area is 222 Å². The van der Waals surface area contributed by atoms with Gasteiger partial charge in [0, 0.05) is 50.3 Å². The van der Waals surface area contributed by atoms with Gasteiger partial charge < -0.3 is 24.4 Å². The molecule has 0 radical (unpaired) electrons. The molecule has 10 heteroatoms. The minimum absolute atomic E-state index is 0.0123. The summed E-state index contributed by atoms with van der Waals surface area (Å²) >= 11 is 0. The Morgan fingerprint density at radius 2 is 1.92 bits per heavy atom. The molecule has 2 aromatic rings. The lowest BCUT2D eigenvalue weighted by Gasteiger charge is -2.32. The maximum atomic E-state index is 13.5. The van der Waals surface area contributed by atoms with Gasteiger partial charge in [0.2, 0.25) is 5.91 Å². The summed E-state index contributed by atoms with van der Waals surface area (Å²) in [5.74, 6) is 0.237. The second kappa shape index (κ2) is 11.8. The van der Waals surface area contributed by atoms with E-state index in [0.29, 0.717) is 57.1 Å². The molecule has 38 heavy (non-hydrogen) atoms. The van der Waals surface area contributed by atoms with E-state index in [0.717, 1.165) is 48.9 Å². The lowest BCUT2D eigenvalue weighted by Crippen LogP contribution is -2.47. The molecular formula is C28H37FN4O5. The van der Waals surface area contributed by atoms with Gasteiger partial charge in [-0.1, -0.05) is 6.42 Å². The second-order valence-electron chi connectivity index (χ2n) is 10.5. The zero-order valence-corrected chi connectivity index (χ0v) is 22.0. The van der Waals surface area contributed by atoms with Gasteiger partial charge in [-0.25, -0.2) is 4.39 Å². The highest BCUT2D eigenvalue weighted by Crippen LogP contribution is 2.27. The average Bonchev–Trinajstić information content (AvgIpc) is 3.09. The van der Waals surface area contributed by atoms with Crippen LogP contribution in [0.5, 0.6) is 5.75 Å². The maximum Gasteiger partial charge on any atom is 0.274 e. The Bertz CT molecular complexity index is 1160. The smallest absolute Gasteiger partial charge is 0.274 e. The molecule has 9 nitrogen and oxygen atoms in total. The Balaban J connectivity index is 1.24. The van der Waals surface area contributed by atoms with E-state index in [2.05, 4.69) is 0 Å². The van der Waals surface area contributed by atoms with Crippen molar-refractivity contribution in [1.29, 1.82) is 0 Å². The molecule has 0 spiro atoms. The summed E-state index contributed by atoms with van der Waals surface area (Å²) in [5.41, 5.74) is 3.16. The fourth-order valence-electron chi connectivity index (χ4n) is 5.69. The number of ether oxygens (including phenoxy) is 2. The molecule has 2 fully saturated rings. The molecule has 3 heterocycles. The third-order valence-electron chi connectivity index (χ3n) is 7.85. The summed E-state index contributed by atoms with van der Waals surface area (Å²) in [4.78, 5) is 30.3. The molecule has 0 unspecified atom stereocenters. The summed E-state index contributed by atoms with van der Waals surface area (Å²) in [6.07, 6.45) is 5.67. The zero-order valence-electron chi connectivity index (χ0n) is 22.0. The van der Waals surface area contributed by atoms with Crippen LogP contribution >= 0.6 is 0 Å². The van der Waals surface area contributed by atoms with Crippen molar-refractivity contribution in [1.82, 2.24) is 19.6 Å². The van der Waals surface area contributed by atoms with Gasteiger partial charge in [-0.15, -0.1) is 0 Å². The Morgan fingerprint density at radius 3 is 2.68 bits per heavy atom. The van der Waals surface area contributed by atoms with Crippen LogP contribution in [0.2, 0.25) is 0 Å². The predicted octanol–water partition coefficient (Wildman–Crippen LogP) is 2.50. The topological polar surface area (TPSA) is 97.1 Å². The molecule has 0 bridgehead atoms. The van der Waals surface area contributed by atoms with Crippen molar-refractivity contribution < 1.29 is 28.6 Å². The number of aryl methyl sites for hydroxylation is 1. The summed E-state index contributed by atoms with van der Waals surface area (Å²) in [7, 11) is 0. The summed E-state index contributed by atoms with van der Waals surface area (Å²) in [6.45, 7) is 4.15. The minimum Gasteiger partial charge on any atom is -0.490 e. The van der Waals surface area contributed by atoms with Crippen molar-refractivity contribution in [2.24, 2.45) is 0 Å². The maximum absolute atomic E-state index is 13.5. The van der Waals surface area contributed by atoms with E-state index >= 15 is 0 Å². The van der Waals surface area contributed by atoms with E-state index in [-0.39, 0.29) is 43.0 Å². The molecule has 1 aromatic heterocycles. The molecule has 1 aliphatic carbocycles. The lowest BCUT2D eigenvalue weighted by atomic mass is 10.1. The summed E-state index contributed by atoms with van der Waals surface area (Å²) in [6, 6.07) is 4.52. The van der Waals surface area contributed by atoms with E-state index < -0.39 is 0 Å². The monoisotopic (exact) mass is 528 g/mol. The number of aliphatic hydroxyl groups excluding tert-OH is 1. The van der Waals surface area contributed by atoms with Gasteiger partial charge in [0.1, 0.15) is 24.2 Å². The van der Waals surface area contributed by atoms with Crippen LogP contribution in [0, 0.1) is 12.7 Å².